The molecule has 0 radical (unpaired) electrons. The first kappa shape index (κ1) is 15.0. The van der Waals surface area contributed by atoms with E-state index in [1.165, 1.54) is 11.6 Å². The van der Waals surface area contributed by atoms with Crippen LogP contribution in [0.5, 0.6) is 11.5 Å². The van der Waals surface area contributed by atoms with Gasteiger partial charge in [-0.2, -0.15) is 0 Å². The number of ether oxygens (including phenoxy) is 1. The molecule has 2 aromatic carbocycles. The quantitative estimate of drug-likeness (QED) is 0.758. The van der Waals surface area contributed by atoms with Crippen molar-refractivity contribution in [2.24, 2.45) is 0 Å². The first-order chi connectivity index (χ1) is 9.69. The molecular formula is C16H17BrFNO. The van der Waals surface area contributed by atoms with Crippen molar-refractivity contribution in [3.05, 3.63) is 58.3 Å². The topological polar surface area (TPSA) is 21.3 Å². The van der Waals surface area contributed by atoms with Gasteiger partial charge >= 0.3 is 0 Å². The molecule has 2 rings (SSSR count). The summed E-state index contributed by atoms with van der Waals surface area (Å²) in [5.41, 5.74) is 1.21. The first-order valence-electron chi connectivity index (χ1n) is 6.61. The Bertz CT molecular complexity index is 557. The Balaban J connectivity index is 1.97. The minimum absolute atomic E-state index is 0.297. The zero-order chi connectivity index (χ0) is 14.4. The van der Waals surface area contributed by atoms with Crippen molar-refractivity contribution in [2.75, 3.05) is 6.54 Å². The lowest BCUT2D eigenvalue weighted by molar-refractivity contribution is 0.479. The molecular weight excluding hydrogens is 321 g/mol. The van der Waals surface area contributed by atoms with Gasteiger partial charge in [-0.15, -0.1) is 0 Å². The molecule has 0 saturated heterocycles. The molecule has 2 nitrogen and oxygen atoms in total. The highest BCUT2D eigenvalue weighted by atomic mass is 79.9. The standard InChI is InChI=1S/C16H17BrFNO/c1-2-9-19-11-12-3-5-13(6-4-12)20-14-7-8-16(18)15(17)10-14/h3-8,10,19H,2,9,11H2,1H3. The fourth-order valence-corrected chi connectivity index (χ4v) is 2.12. The molecule has 2 aromatic rings. The second kappa shape index (κ2) is 7.41. The van der Waals surface area contributed by atoms with Crippen LogP contribution in [0.3, 0.4) is 0 Å². The Hall–Kier alpha value is -1.39. The van der Waals surface area contributed by atoms with E-state index in [1.54, 1.807) is 12.1 Å². The van der Waals surface area contributed by atoms with Crippen molar-refractivity contribution in [3.8, 4) is 11.5 Å². The summed E-state index contributed by atoms with van der Waals surface area (Å²) in [5.74, 6) is 1.05. The molecule has 0 atom stereocenters. The van der Waals surface area contributed by atoms with Crippen LogP contribution in [0, 0.1) is 5.82 Å². The van der Waals surface area contributed by atoms with E-state index >= 15 is 0 Å². The Morgan fingerprint density at radius 3 is 2.45 bits per heavy atom. The Kier molecular flexibility index (Phi) is 5.56. The maximum Gasteiger partial charge on any atom is 0.137 e. The molecule has 0 amide bonds. The van der Waals surface area contributed by atoms with Gasteiger partial charge in [-0.1, -0.05) is 19.1 Å². The number of halogens is 2. The molecule has 0 aromatic heterocycles. The van der Waals surface area contributed by atoms with E-state index in [0.717, 1.165) is 25.3 Å². The Morgan fingerprint density at radius 2 is 1.80 bits per heavy atom. The SMILES string of the molecule is CCCNCc1ccc(Oc2ccc(F)c(Br)c2)cc1. The molecule has 0 bridgehead atoms. The van der Waals surface area contributed by atoms with Crippen LogP contribution >= 0.6 is 15.9 Å². The minimum atomic E-state index is -0.297. The van der Waals surface area contributed by atoms with Crippen molar-refractivity contribution in [1.29, 1.82) is 0 Å². The van der Waals surface area contributed by atoms with Crippen molar-refractivity contribution in [3.63, 3.8) is 0 Å². The zero-order valence-electron chi connectivity index (χ0n) is 11.3. The molecule has 0 aliphatic rings. The summed E-state index contributed by atoms with van der Waals surface area (Å²) in [4.78, 5) is 0. The normalized spacial score (nSPS) is 10.6. The zero-order valence-corrected chi connectivity index (χ0v) is 12.9. The van der Waals surface area contributed by atoms with Gasteiger partial charge in [0.05, 0.1) is 4.47 Å². The first-order valence-corrected chi connectivity index (χ1v) is 7.41. The Labute approximate surface area is 127 Å². The summed E-state index contributed by atoms with van der Waals surface area (Å²) < 4.78 is 19.2. The number of rotatable bonds is 6. The molecule has 0 saturated carbocycles. The second-order valence-electron chi connectivity index (χ2n) is 4.50. The summed E-state index contributed by atoms with van der Waals surface area (Å²) in [6.45, 7) is 4.02. The van der Waals surface area contributed by atoms with Crippen LogP contribution in [0.25, 0.3) is 0 Å². The number of hydrogen-bond acceptors (Lipinski definition) is 2. The number of benzene rings is 2. The predicted octanol–water partition coefficient (Wildman–Crippen LogP) is 4.88. The van der Waals surface area contributed by atoms with E-state index in [-0.39, 0.29) is 5.82 Å². The summed E-state index contributed by atoms with van der Waals surface area (Å²) in [5, 5.41) is 3.35. The summed E-state index contributed by atoms with van der Waals surface area (Å²) >= 11 is 3.14. The third kappa shape index (κ3) is 4.32. The number of hydrogen-bond donors (Lipinski definition) is 1. The van der Waals surface area contributed by atoms with E-state index in [9.17, 15) is 4.39 Å². The van der Waals surface area contributed by atoms with Gasteiger partial charge in [0, 0.05) is 6.54 Å². The third-order valence-corrected chi connectivity index (χ3v) is 3.41. The second-order valence-corrected chi connectivity index (χ2v) is 5.35. The van der Waals surface area contributed by atoms with Gasteiger partial charge in [-0.3, -0.25) is 0 Å². The lowest BCUT2D eigenvalue weighted by Crippen LogP contribution is -2.13. The van der Waals surface area contributed by atoms with Crippen LogP contribution in [-0.2, 0) is 6.54 Å². The highest BCUT2D eigenvalue weighted by Crippen LogP contribution is 2.26. The van der Waals surface area contributed by atoms with E-state index in [0.29, 0.717) is 10.2 Å². The van der Waals surface area contributed by atoms with Crippen molar-refractivity contribution < 1.29 is 9.13 Å². The average molecular weight is 338 g/mol. The van der Waals surface area contributed by atoms with E-state index in [2.05, 4.69) is 28.2 Å². The van der Waals surface area contributed by atoms with Crippen molar-refractivity contribution in [1.82, 2.24) is 5.32 Å². The van der Waals surface area contributed by atoms with Crippen LogP contribution in [0.1, 0.15) is 18.9 Å². The largest absolute Gasteiger partial charge is 0.457 e. The average Bonchev–Trinajstić information content (AvgIpc) is 2.45. The predicted molar refractivity (Wildman–Crippen MR) is 82.6 cm³/mol. The lowest BCUT2D eigenvalue weighted by Gasteiger charge is -2.08. The smallest absolute Gasteiger partial charge is 0.137 e. The summed E-state index contributed by atoms with van der Waals surface area (Å²) in [6, 6.07) is 12.5. The van der Waals surface area contributed by atoms with Gasteiger partial charge in [0.1, 0.15) is 17.3 Å². The minimum Gasteiger partial charge on any atom is -0.457 e. The highest BCUT2D eigenvalue weighted by Gasteiger charge is 2.02. The van der Waals surface area contributed by atoms with Crippen LogP contribution in [-0.4, -0.2) is 6.54 Å². The monoisotopic (exact) mass is 337 g/mol. The van der Waals surface area contributed by atoms with E-state index in [1.807, 2.05) is 24.3 Å². The van der Waals surface area contributed by atoms with Gasteiger partial charge in [-0.05, 0) is 64.8 Å². The van der Waals surface area contributed by atoms with Crippen LogP contribution in [0.15, 0.2) is 46.9 Å². The summed E-state index contributed by atoms with van der Waals surface area (Å²) in [7, 11) is 0. The molecule has 0 spiro atoms. The van der Waals surface area contributed by atoms with Crippen LogP contribution < -0.4 is 10.1 Å². The molecule has 0 unspecified atom stereocenters. The van der Waals surface area contributed by atoms with E-state index < -0.39 is 0 Å². The van der Waals surface area contributed by atoms with Crippen molar-refractivity contribution in [2.45, 2.75) is 19.9 Å². The van der Waals surface area contributed by atoms with E-state index in [4.69, 9.17) is 4.74 Å². The molecule has 0 fully saturated rings. The molecule has 106 valence electrons. The summed E-state index contributed by atoms with van der Waals surface area (Å²) in [6.07, 6.45) is 1.13. The molecule has 0 heterocycles. The van der Waals surface area contributed by atoms with Gasteiger partial charge in [0.2, 0.25) is 0 Å². The molecule has 0 aliphatic heterocycles. The fourth-order valence-electron chi connectivity index (χ4n) is 1.76. The molecule has 4 heteroatoms. The molecule has 1 N–H and O–H groups in total. The maximum atomic E-state index is 13.1. The maximum absolute atomic E-state index is 13.1. The third-order valence-electron chi connectivity index (χ3n) is 2.81. The lowest BCUT2D eigenvalue weighted by atomic mass is 10.2. The Morgan fingerprint density at radius 1 is 1.10 bits per heavy atom. The fraction of sp³-hybridized carbons (Fsp3) is 0.250. The van der Waals surface area contributed by atoms with Crippen LogP contribution in [0.2, 0.25) is 0 Å². The van der Waals surface area contributed by atoms with Crippen molar-refractivity contribution >= 4 is 15.9 Å². The van der Waals surface area contributed by atoms with Gasteiger partial charge in [-0.25, -0.2) is 4.39 Å². The molecule has 20 heavy (non-hydrogen) atoms. The highest BCUT2D eigenvalue weighted by molar-refractivity contribution is 9.10. The van der Waals surface area contributed by atoms with Gasteiger partial charge < -0.3 is 10.1 Å². The van der Waals surface area contributed by atoms with Gasteiger partial charge in [0.25, 0.3) is 0 Å². The van der Waals surface area contributed by atoms with Crippen LogP contribution in [0.4, 0.5) is 4.39 Å². The molecule has 0 aliphatic carbocycles. The van der Waals surface area contributed by atoms with Gasteiger partial charge in [0.15, 0.2) is 0 Å². The number of nitrogens with one attached hydrogen (secondary N) is 1.